The lowest BCUT2D eigenvalue weighted by molar-refractivity contribution is 0.102. The Morgan fingerprint density at radius 1 is 1.05 bits per heavy atom. The van der Waals surface area contributed by atoms with Gasteiger partial charge < -0.3 is 14.8 Å². The molecule has 110 valence electrons. The fraction of sp³-hybridized carbons (Fsp3) is 0.214. The van der Waals surface area contributed by atoms with Crippen molar-refractivity contribution in [2.75, 3.05) is 31.9 Å². The number of nitrogens with one attached hydrogen (secondary N) is 2. The molecule has 0 spiro atoms. The zero-order valence-electron chi connectivity index (χ0n) is 12.0. The molecule has 2 rings (SSSR count). The van der Waals surface area contributed by atoms with Gasteiger partial charge in [0.15, 0.2) is 0 Å². The van der Waals surface area contributed by atoms with Crippen molar-refractivity contribution in [2.24, 2.45) is 0 Å². The van der Waals surface area contributed by atoms with E-state index in [0.717, 1.165) is 5.69 Å². The Labute approximate surface area is 122 Å². The normalized spacial score (nSPS) is 9.86. The molecule has 0 radical (unpaired) electrons. The molecule has 1 amide bonds. The third-order valence-corrected chi connectivity index (χ3v) is 2.76. The molecule has 7 nitrogen and oxygen atoms in total. The molecule has 0 bridgehead atoms. The lowest BCUT2D eigenvalue weighted by atomic mass is 10.2. The minimum atomic E-state index is -0.312. The first kappa shape index (κ1) is 14.6. The number of carbonyl (C=O) groups excluding carboxylic acids is 1. The predicted octanol–water partition coefficient (Wildman–Crippen LogP) is 1.79. The second-order valence-corrected chi connectivity index (χ2v) is 4.06. The van der Waals surface area contributed by atoms with Crippen molar-refractivity contribution in [3.8, 4) is 11.8 Å². The van der Waals surface area contributed by atoms with Crippen molar-refractivity contribution in [3.05, 3.63) is 35.9 Å². The van der Waals surface area contributed by atoms with Crippen LogP contribution >= 0.6 is 0 Å². The van der Waals surface area contributed by atoms with Gasteiger partial charge in [-0.2, -0.15) is 9.97 Å². The number of rotatable bonds is 5. The highest BCUT2D eigenvalue weighted by Crippen LogP contribution is 2.18. The monoisotopic (exact) mass is 288 g/mol. The first-order valence-electron chi connectivity index (χ1n) is 6.22. The summed E-state index contributed by atoms with van der Waals surface area (Å²) < 4.78 is 10.0. The second kappa shape index (κ2) is 6.56. The number of nitrogens with zero attached hydrogens (tertiary/aromatic N) is 2. The molecule has 1 aromatic heterocycles. The van der Waals surface area contributed by atoms with Gasteiger partial charge in [0.2, 0.25) is 17.7 Å². The van der Waals surface area contributed by atoms with Crippen molar-refractivity contribution >= 4 is 17.5 Å². The van der Waals surface area contributed by atoms with E-state index in [1.165, 1.54) is 20.3 Å². The van der Waals surface area contributed by atoms with E-state index < -0.39 is 0 Å². The van der Waals surface area contributed by atoms with Crippen LogP contribution in [0.1, 0.15) is 10.4 Å². The molecule has 0 fully saturated rings. The van der Waals surface area contributed by atoms with E-state index in [9.17, 15) is 4.79 Å². The fourth-order valence-corrected chi connectivity index (χ4v) is 1.63. The lowest BCUT2D eigenvalue weighted by Crippen LogP contribution is -2.14. The standard InChI is InChI=1S/C14H16N4O3/c1-15-10-6-4-9(5-7-10)13(19)18-14-16-11(20-2)8-12(17-14)21-3/h4-8,15H,1-3H3,(H,16,17,18,19). The van der Waals surface area contributed by atoms with Crippen LogP contribution in [0.2, 0.25) is 0 Å². The Bertz CT molecular complexity index is 606. The number of ether oxygens (including phenoxy) is 2. The third-order valence-electron chi connectivity index (χ3n) is 2.76. The van der Waals surface area contributed by atoms with Crippen LogP contribution in [-0.4, -0.2) is 37.1 Å². The van der Waals surface area contributed by atoms with Crippen molar-refractivity contribution in [1.82, 2.24) is 9.97 Å². The van der Waals surface area contributed by atoms with Crippen LogP contribution in [0.25, 0.3) is 0 Å². The Balaban J connectivity index is 2.18. The number of methoxy groups -OCH3 is 2. The first-order valence-corrected chi connectivity index (χ1v) is 6.22. The maximum absolute atomic E-state index is 12.1. The average Bonchev–Trinajstić information content (AvgIpc) is 2.54. The third kappa shape index (κ3) is 3.59. The van der Waals surface area contributed by atoms with Gasteiger partial charge in [0, 0.05) is 18.3 Å². The number of hydrogen-bond acceptors (Lipinski definition) is 6. The molecular weight excluding hydrogens is 272 g/mol. The summed E-state index contributed by atoms with van der Waals surface area (Å²) >= 11 is 0. The van der Waals surface area contributed by atoms with Gasteiger partial charge in [-0.05, 0) is 24.3 Å². The van der Waals surface area contributed by atoms with Crippen LogP contribution in [0, 0.1) is 0 Å². The summed E-state index contributed by atoms with van der Waals surface area (Å²) in [5.41, 5.74) is 1.42. The van der Waals surface area contributed by atoms with Gasteiger partial charge in [-0.1, -0.05) is 0 Å². The molecule has 2 aromatic rings. The highest BCUT2D eigenvalue weighted by molar-refractivity contribution is 6.03. The van der Waals surface area contributed by atoms with E-state index in [0.29, 0.717) is 17.3 Å². The highest BCUT2D eigenvalue weighted by atomic mass is 16.5. The Hall–Kier alpha value is -2.83. The van der Waals surface area contributed by atoms with Crippen LogP contribution in [0.5, 0.6) is 11.8 Å². The molecular formula is C14H16N4O3. The van der Waals surface area contributed by atoms with Crippen molar-refractivity contribution in [2.45, 2.75) is 0 Å². The minimum Gasteiger partial charge on any atom is -0.481 e. The largest absolute Gasteiger partial charge is 0.481 e. The zero-order valence-corrected chi connectivity index (χ0v) is 12.0. The van der Waals surface area contributed by atoms with Gasteiger partial charge in [0.1, 0.15) is 0 Å². The van der Waals surface area contributed by atoms with E-state index in [2.05, 4.69) is 20.6 Å². The molecule has 0 atom stereocenters. The summed E-state index contributed by atoms with van der Waals surface area (Å²) in [6, 6.07) is 8.55. The van der Waals surface area contributed by atoms with Gasteiger partial charge >= 0.3 is 0 Å². The number of anilines is 2. The van der Waals surface area contributed by atoms with Crippen LogP contribution in [0.4, 0.5) is 11.6 Å². The van der Waals surface area contributed by atoms with Gasteiger partial charge in [0.25, 0.3) is 5.91 Å². The van der Waals surface area contributed by atoms with Crippen molar-refractivity contribution < 1.29 is 14.3 Å². The Morgan fingerprint density at radius 2 is 1.62 bits per heavy atom. The molecule has 1 heterocycles. The van der Waals surface area contributed by atoms with Crippen LogP contribution in [0.3, 0.4) is 0 Å². The number of hydrogen-bond donors (Lipinski definition) is 2. The van der Waals surface area contributed by atoms with Crippen LogP contribution in [-0.2, 0) is 0 Å². The predicted molar refractivity (Wildman–Crippen MR) is 79.1 cm³/mol. The maximum atomic E-state index is 12.1. The smallest absolute Gasteiger partial charge is 0.258 e. The number of amides is 1. The van der Waals surface area contributed by atoms with Crippen LogP contribution < -0.4 is 20.1 Å². The zero-order chi connectivity index (χ0) is 15.2. The summed E-state index contributed by atoms with van der Waals surface area (Å²) in [7, 11) is 4.76. The number of carbonyl (C=O) groups is 1. The molecule has 0 aliphatic rings. The maximum Gasteiger partial charge on any atom is 0.258 e. The van der Waals surface area contributed by atoms with Gasteiger partial charge in [0.05, 0.1) is 20.3 Å². The molecule has 0 saturated heterocycles. The molecule has 0 saturated carbocycles. The molecule has 0 unspecified atom stereocenters. The number of benzene rings is 1. The molecule has 2 N–H and O–H groups in total. The van der Waals surface area contributed by atoms with E-state index in [1.807, 2.05) is 19.2 Å². The summed E-state index contributed by atoms with van der Waals surface area (Å²) in [4.78, 5) is 20.2. The quantitative estimate of drug-likeness (QED) is 0.872. The summed E-state index contributed by atoms with van der Waals surface area (Å²) in [5, 5.41) is 5.59. The molecule has 7 heteroatoms. The van der Waals surface area contributed by atoms with Gasteiger partial charge in [-0.15, -0.1) is 0 Å². The summed E-state index contributed by atoms with van der Waals surface area (Å²) in [6.45, 7) is 0. The van der Waals surface area contributed by atoms with E-state index >= 15 is 0 Å². The minimum absolute atomic E-state index is 0.119. The Morgan fingerprint density at radius 3 is 2.10 bits per heavy atom. The van der Waals surface area contributed by atoms with E-state index in [1.54, 1.807) is 12.1 Å². The fourth-order valence-electron chi connectivity index (χ4n) is 1.63. The highest BCUT2D eigenvalue weighted by Gasteiger charge is 2.10. The van der Waals surface area contributed by atoms with Crippen LogP contribution in [0.15, 0.2) is 30.3 Å². The molecule has 21 heavy (non-hydrogen) atoms. The molecule has 0 aliphatic heterocycles. The van der Waals surface area contributed by atoms with Gasteiger partial charge in [-0.25, -0.2) is 0 Å². The van der Waals surface area contributed by atoms with Crippen molar-refractivity contribution in [3.63, 3.8) is 0 Å². The second-order valence-electron chi connectivity index (χ2n) is 4.06. The Kier molecular flexibility index (Phi) is 4.55. The SMILES string of the molecule is CNc1ccc(C(=O)Nc2nc(OC)cc(OC)n2)cc1. The van der Waals surface area contributed by atoms with E-state index in [-0.39, 0.29) is 11.9 Å². The van der Waals surface area contributed by atoms with Gasteiger partial charge in [-0.3, -0.25) is 10.1 Å². The lowest BCUT2D eigenvalue weighted by Gasteiger charge is -2.08. The molecule has 0 aliphatic carbocycles. The van der Waals surface area contributed by atoms with Crippen molar-refractivity contribution in [1.29, 1.82) is 0 Å². The first-order chi connectivity index (χ1) is 10.2. The topological polar surface area (TPSA) is 85.4 Å². The summed E-state index contributed by atoms with van der Waals surface area (Å²) in [6.07, 6.45) is 0. The molecule has 1 aromatic carbocycles. The van der Waals surface area contributed by atoms with E-state index in [4.69, 9.17) is 9.47 Å². The average molecular weight is 288 g/mol. The summed E-state index contributed by atoms with van der Waals surface area (Å²) in [5.74, 6) is 0.423. The number of aromatic nitrogens is 2.